The molecule has 0 spiro atoms. The van der Waals surface area contributed by atoms with Crippen molar-refractivity contribution in [3.63, 3.8) is 0 Å². The third kappa shape index (κ3) is 7.58. The van der Waals surface area contributed by atoms with Crippen molar-refractivity contribution in [3.05, 3.63) is 0 Å². The van der Waals surface area contributed by atoms with Crippen molar-refractivity contribution in [1.29, 1.82) is 0 Å². The Kier molecular flexibility index (Phi) is 9.44. The zero-order chi connectivity index (χ0) is 21.3. The molecule has 2 heterocycles. The Balaban J connectivity index is 1.73. The Labute approximate surface area is 170 Å². The average Bonchev–Trinajstić information content (AvgIpc) is 2.69. The quantitative estimate of drug-likeness (QED) is 0.328. The fourth-order valence-corrected chi connectivity index (χ4v) is 4.36. The van der Waals surface area contributed by atoms with E-state index in [2.05, 4.69) is 20.5 Å². The molecular formula is C17H32F3N5O3S. The lowest BCUT2D eigenvalue weighted by molar-refractivity contribution is -0.0496. The Morgan fingerprint density at radius 1 is 1.14 bits per heavy atom. The van der Waals surface area contributed by atoms with Crippen molar-refractivity contribution < 1.29 is 26.3 Å². The van der Waals surface area contributed by atoms with Crippen molar-refractivity contribution in [3.8, 4) is 0 Å². The first-order valence-corrected chi connectivity index (χ1v) is 11.6. The number of guanidine groups is 1. The van der Waals surface area contributed by atoms with Crippen molar-refractivity contribution >= 4 is 16.0 Å². The molecular weight excluding hydrogens is 411 g/mol. The van der Waals surface area contributed by atoms with Gasteiger partial charge in [-0.1, -0.05) is 0 Å². The van der Waals surface area contributed by atoms with Gasteiger partial charge in [-0.3, -0.25) is 9.89 Å². The zero-order valence-corrected chi connectivity index (χ0v) is 17.7. The monoisotopic (exact) mass is 443 g/mol. The van der Waals surface area contributed by atoms with Crippen LogP contribution in [-0.4, -0.2) is 94.7 Å². The maximum Gasteiger partial charge on any atom is 0.511 e. The highest BCUT2D eigenvalue weighted by Gasteiger charge is 2.50. The van der Waals surface area contributed by atoms with Gasteiger partial charge in [0, 0.05) is 45.8 Å². The molecule has 0 aromatic rings. The maximum atomic E-state index is 12.6. The van der Waals surface area contributed by atoms with E-state index in [0.717, 1.165) is 45.8 Å². The number of hydrogen-bond donors (Lipinski definition) is 2. The average molecular weight is 444 g/mol. The van der Waals surface area contributed by atoms with Gasteiger partial charge >= 0.3 is 15.5 Å². The first-order valence-electron chi connectivity index (χ1n) is 10.1. The van der Waals surface area contributed by atoms with Crippen LogP contribution in [0.4, 0.5) is 13.2 Å². The second-order valence-electron chi connectivity index (χ2n) is 7.25. The van der Waals surface area contributed by atoms with Gasteiger partial charge in [-0.2, -0.15) is 17.5 Å². The van der Waals surface area contributed by atoms with Gasteiger partial charge in [-0.25, -0.2) is 8.42 Å². The third-order valence-corrected chi connectivity index (χ3v) is 6.73. The number of rotatable bonds is 8. The van der Waals surface area contributed by atoms with Crippen molar-refractivity contribution in [2.45, 2.75) is 31.7 Å². The number of sulfonamides is 1. The van der Waals surface area contributed by atoms with Crippen molar-refractivity contribution in [2.24, 2.45) is 10.9 Å². The molecule has 0 saturated carbocycles. The minimum Gasteiger partial charge on any atom is -0.379 e. The molecule has 0 amide bonds. The van der Waals surface area contributed by atoms with Crippen LogP contribution in [0, 0.1) is 5.92 Å². The van der Waals surface area contributed by atoms with Crippen LogP contribution in [0.5, 0.6) is 0 Å². The molecule has 0 atom stereocenters. The predicted octanol–water partition coefficient (Wildman–Crippen LogP) is 0.825. The van der Waals surface area contributed by atoms with E-state index >= 15 is 0 Å². The van der Waals surface area contributed by atoms with E-state index < -0.39 is 15.5 Å². The molecule has 2 N–H and O–H groups in total. The summed E-state index contributed by atoms with van der Waals surface area (Å²) in [5, 5.41) is 6.44. The van der Waals surface area contributed by atoms with E-state index in [1.165, 1.54) is 0 Å². The molecule has 0 aromatic heterocycles. The summed E-state index contributed by atoms with van der Waals surface area (Å²) in [6.45, 7) is 8.11. The number of piperidine rings is 1. The lowest BCUT2D eigenvalue weighted by Gasteiger charge is -2.31. The fraction of sp³-hybridized carbons (Fsp3) is 0.941. The van der Waals surface area contributed by atoms with E-state index in [1.807, 2.05) is 6.92 Å². The number of nitrogens with one attached hydrogen (secondary N) is 2. The number of aliphatic imine (C=N–C) groups is 1. The minimum atomic E-state index is -5.23. The lowest BCUT2D eigenvalue weighted by Crippen LogP contribution is -2.45. The topological polar surface area (TPSA) is 86.3 Å². The third-order valence-electron chi connectivity index (χ3n) is 5.10. The van der Waals surface area contributed by atoms with Crippen LogP contribution in [0.25, 0.3) is 0 Å². The SMILES string of the molecule is CCNC(=NCC1CCN(S(=O)(=O)C(F)(F)F)CC1)NCCCN1CCOCC1. The molecule has 2 saturated heterocycles. The highest BCUT2D eigenvalue weighted by molar-refractivity contribution is 7.90. The molecule has 2 rings (SSSR count). The van der Waals surface area contributed by atoms with Gasteiger partial charge in [0.05, 0.1) is 13.2 Å². The van der Waals surface area contributed by atoms with E-state index in [4.69, 9.17) is 4.74 Å². The number of alkyl halides is 3. The normalized spacial score (nSPS) is 21.3. The summed E-state index contributed by atoms with van der Waals surface area (Å²) in [7, 11) is -5.23. The van der Waals surface area contributed by atoms with Gasteiger partial charge in [-0.15, -0.1) is 0 Å². The summed E-state index contributed by atoms with van der Waals surface area (Å²) in [6.07, 6.45) is 1.71. The predicted molar refractivity (Wildman–Crippen MR) is 105 cm³/mol. The van der Waals surface area contributed by atoms with E-state index in [0.29, 0.717) is 36.2 Å². The van der Waals surface area contributed by atoms with E-state index in [1.54, 1.807) is 0 Å². The van der Waals surface area contributed by atoms with Gasteiger partial charge in [0.25, 0.3) is 0 Å². The van der Waals surface area contributed by atoms with Crippen LogP contribution >= 0.6 is 0 Å². The molecule has 12 heteroatoms. The van der Waals surface area contributed by atoms with Crippen LogP contribution in [0.3, 0.4) is 0 Å². The zero-order valence-electron chi connectivity index (χ0n) is 16.9. The lowest BCUT2D eigenvalue weighted by atomic mass is 9.98. The summed E-state index contributed by atoms with van der Waals surface area (Å²) >= 11 is 0. The number of halogens is 3. The number of nitrogens with zero attached hydrogens (tertiary/aromatic N) is 3. The Morgan fingerprint density at radius 2 is 1.79 bits per heavy atom. The van der Waals surface area contributed by atoms with Gasteiger partial charge in [0.15, 0.2) is 5.96 Å². The largest absolute Gasteiger partial charge is 0.511 e. The molecule has 170 valence electrons. The highest BCUT2D eigenvalue weighted by atomic mass is 32.2. The smallest absolute Gasteiger partial charge is 0.379 e. The Morgan fingerprint density at radius 3 is 2.38 bits per heavy atom. The second kappa shape index (κ2) is 11.3. The van der Waals surface area contributed by atoms with Crippen molar-refractivity contribution in [2.75, 3.05) is 65.6 Å². The van der Waals surface area contributed by atoms with Crippen molar-refractivity contribution in [1.82, 2.24) is 19.8 Å². The van der Waals surface area contributed by atoms with Gasteiger partial charge < -0.3 is 15.4 Å². The second-order valence-corrected chi connectivity index (χ2v) is 9.18. The summed E-state index contributed by atoms with van der Waals surface area (Å²) < 4.78 is 66.7. The standard InChI is InChI=1S/C17H32F3N5O3S/c1-2-21-16(22-6-3-7-24-10-12-28-13-11-24)23-14-15-4-8-25(9-5-15)29(26,27)17(18,19)20/h15H,2-14H2,1H3,(H2,21,22,23). The van der Waals surface area contributed by atoms with E-state index in [9.17, 15) is 21.6 Å². The summed E-state index contributed by atoms with van der Waals surface area (Å²) in [4.78, 5) is 6.89. The molecule has 0 aromatic carbocycles. The molecule has 2 aliphatic heterocycles. The molecule has 29 heavy (non-hydrogen) atoms. The summed E-state index contributed by atoms with van der Waals surface area (Å²) in [6, 6.07) is 0. The summed E-state index contributed by atoms with van der Waals surface area (Å²) in [5.74, 6) is 0.748. The Bertz CT molecular complexity index is 616. The van der Waals surface area contributed by atoms with Crippen LogP contribution < -0.4 is 10.6 Å². The molecule has 8 nitrogen and oxygen atoms in total. The first kappa shape index (κ1) is 24.2. The molecule has 2 fully saturated rings. The number of ether oxygens (including phenoxy) is 1. The fourth-order valence-electron chi connectivity index (χ4n) is 3.37. The number of morpholine rings is 1. The van der Waals surface area contributed by atoms with Crippen LogP contribution in [0.1, 0.15) is 26.2 Å². The molecule has 0 unspecified atom stereocenters. The molecule has 2 aliphatic rings. The number of hydrogen-bond acceptors (Lipinski definition) is 5. The van der Waals surface area contributed by atoms with Gasteiger partial charge in [0.1, 0.15) is 0 Å². The van der Waals surface area contributed by atoms with Gasteiger partial charge in [0.2, 0.25) is 0 Å². The highest BCUT2D eigenvalue weighted by Crippen LogP contribution is 2.30. The first-order chi connectivity index (χ1) is 13.7. The molecule has 0 bridgehead atoms. The van der Waals surface area contributed by atoms with Crippen LogP contribution in [0.2, 0.25) is 0 Å². The maximum absolute atomic E-state index is 12.6. The Hall–Kier alpha value is -1.11. The minimum absolute atomic E-state index is 0.0680. The summed E-state index contributed by atoms with van der Waals surface area (Å²) in [5.41, 5.74) is -5.23. The van der Waals surface area contributed by atoms with Gasteiger partial charge in [-0.05, 0) is 38.6 Å². The van der Waals surface area contributed by atoms with Crippen LogP contribution in [0.15, 0.2) is 4.99 Å². The van der Waals surface area contributed by atoms with Crippen LogP contribution in [-0.2, 0) is 14.8 Å². The molecule has 0 aliphatic carbocycles. The molecule has 0 radical (unpaired) electrons. The van der Waals surface area contributed by atoms with E-state index in [-0.39, 0.29) is 19.0 Å².